The maximum absolute atomic E-state index is 13.4. The van der Waals surface area contributed by atoms with E-state index in [2.05, 4.69) is 0 Å². The summed E-state index contributed by atoms with van der Waals surface area (Å²) in [5.41, 5.74) is -4.20. The molecule has 1 saturated heterocycles. The van der Waals surface area contributed by atoms with Crippen LogP contribution in [0.3, 0.4) is 0 Å². The lowest BCUT2D eigenvalue weighted by atomic mass is 9.71. The molecule has 1 atom stereocenters. The van der Waals surface area contributed by atoms with Gasteiger partial charge < -0.3 is 4.90 Å². The summed E-state index contributed by atoms with van der Waals surface area (Å²) < 4.78 is 104. The molecule has 0 spiro atoms. The fraction of sp³-hybridized carbons (Fsp3) is 0.500. The van der Waals surface area contributed by atoms with Gasteiger partial charge in [0.05, 0.1) is 30.4 Å². The molecule has 0 bridgehead atoms. The lowest BCUT2D eigenvalue weighted by molar-refractivity contribution is -0.143. The Labute approximate surface area is 279 Å². The van der Waals surface area contributed by atoms with Crippen LogP contribution in [0.15, 0.2) is 36.4 Å². The molecule has 3 rings (SSSR count). The number of rotatable bonds is 7. The van der Waals surface area contributed by atoms with Gasteiger partial charge in [-0.2, -0.15) is 34.8 Å². The van der Waals surface area contributed by atoms with Gasteiger partial charge in [0.25, 0.3) is 10.1 Å². The number of likely N-dealkylation sites (tertiary alicyclic amines) is 1. The molecule has 1 fully saturated rings. The SMILES string of the molecule is CS(=O)(=O)OCC[C@]1(c2ccc(C(Cl)(Cl)Cl)c(C(Cl)(Cl)Cl)c2)CCCN(C(=O)Cc2cc(C(F)(F)F)cc(C(F)(F)F)c2)C1. The molecular formula is C26H23Cl6F6NO4S. The molecular weight excluding hydrogens is 749 g/mol. The second-order valence-corrected chi connectivity index (χ2v) is 16.5. The van der Waals surface area contributed by atoms with Crippen LogP contribution < -0.4 is 0 Å². The van der Waals surface area contributed by atoms with Crippen molar-refractivity contribution in [2.45, 2.75) is 51.0 Å². The standard InChI is InChI=1S/C26H23Cl6F6NO4S/c1-44(41,42)43-8-6-22(16-3-4-19(23(27,28)29)20(13-16)24(30,31)32)5-2-7-39(14-22)21(40)11-15-9-17(25(33,34)35)12-18(10-15)26(36,37)38/h3-4,9-10,12-13H,2,5-8,11,14H2,1H3/t22-/m1/s1. The van der Waals surface area contributed by atoms with E-state index in [0.717, 1.165) is 6.26 Å². The van der Waals surface area contributed by atoms with Gasteiger partial charge in [-0.05, 0) is 48.6 Å². The smallest absolute Gasteiger partial charge is 0.342 e. The Morgan fingerprint density at radius 2 is 1.43 bits per heavy atom. The third-order valence-corrected chi connectivity index (χ3v) is 8.87. The number of carbonyl (C=O) groups excluding carboxylic acids is 1. The second kappa shape index (κ2) is 13.3. The number of amides is 1. The molecule has 0 unspecified atom stereocenters. The van der Waals surface area contributed by atoms with Crippen LogP contribution in [0.1, 0.15) is 52.6 Å². The van der Waals surface area contributed by atoms with Crippen molar-refractivity contribution < 1.29 is 43.7 Å². The predicted molar refractivity (Wildman–Crippen MR) is 158 cm³/mol. The number of halogens is 12. The van der Waals surface area contributed by atoms with Gasteiger partial charge in [-0.3, -0.25) is 8.98 Å². The van der Waals surface area contributed by atoms with E-state index in [0.29, 0.717) is 30.5 Å². The highest BCUT2D eigenvalue weighted by Gasteiger charge is 2.42. The summed E-state index contributed by atoms with van der Waals surface area (Å²) in [6, 6.07) is 5.32. The predicted octanol–water partition coefficient (Wildman–Crippen LogP) is 8.85. The first-order chi connectivity index (χ1) is 19.8. The summed E-state index contributed by atoms with van der Waals surface area (Å²) in [6.45, 7) is -0.350. The summed E-state index contributed by atoms with van der Waals surface area (Å²) in [7, 11) is -3.87. The van der Waals surface area contributed by atoms with E-state index in [-0.39, 0.29) is 43.3 Å². The van der Waals surface area contributed by atoms with Gasteiger partial charge >= 0.3 is 12.4 Å². The lowest BCUT2D eigenvalue weighted by Crippen LogP contribution is -2.49. The van der Waals surface area contributed by atoms with E-state index < -0.39 is 64.5 Å². The molecule has 0 aliphatic carbocycles. The number of carbonyl (C=O) groups is 1. The molecule has 44 heavy (non-hydrogen) atoms. The molecule has 0 radical (unpaired) electrons. The summed E-state index contributed by atoms with van der Waals surface area (Å²) in [5.74, 6) is -0.759. The minimum atomic E-state index is -5.09. The highest BCUT2D eigenvalue weighted by molar-refractivity contribution is 7.85. The maximum atomic E-state index is 13.4. The Morgan fingerprint density at radius 1 is 0.886 bits per heavy atom. The first-order valence-electron chi connectivity index (χ1n) is 12.5. The molecule has 1 aliphatic rings. The molecule has 0 saturated carbocycles. The topological polar surface area (TPSA) is 63.7 Å². The first kappa shape index (κ1) is 37.6. The number of piperidine rings is 1. The van der Waals surface area contributed by atoms with Crippen molar-refractivity contribution in [1.82, 2.24) is 4.90 Å². The largest absolute Gasteiger partial charge is 0.416 e. The molecule has 1 aliphatic heterocycles. The third kappa shape index (κ3) is 9.82. The van der Waals surface area contributed by atoms with Crippen molar-refractivity contribution in [3.05, 3.63) is 69.8 Å². The van der Waals surface area contributed by atoms with Crippen molar-refractivity contribution in [2.75, 3.05) is 26.0 Å². The van der Waals surface area contributed by atoms with Gasteiger partial charge in [0.2, 0.25) is 13.5 Å². The minimum Gasteiger partial charge on any atom is -0.342 e. The van der Waals surface area contributed by atoms with Crippen LogP contribution in [0.25, 0.3) is 0 Å². The summed E-state index contributed by atoms with van der Waals surface area (Å²) in [4.78, 5) is 14.6. The van der Waals surface area contributed by atoms with Crippen molar-refractivity contribution in [2.24, 2.45) is 0 Å². The fourth-order valence-corrected chi connectivity index (χ4v) is 6.43. The number of alkyl halides is 12. The van der Waals surface area contributed by atoms with Gasteiger partial charge in [0, 0.05) is 29.6 Å². The van der Waals surface area contributed by atoms with Gasteiger partial charge in [-0.1, -0.05) is 87.8 Å². The lowest BCUT2D eigenvalue weighted by Gasteiger charge is -2.44. The fourth-order valence-electron chi connectivity index (χ4n) is 5.08. The Hall–Kier alpha value is -0.860. The zero-order valence-electron chi connectivity index (χ0n) is 22.4. The van der Waals surface area contributed by atoms with Crippen LogP contribution in [-0.2, 0) is 50.9 Å². The Kier molecular flexibility index (Phi) is 11.4. The molecule has 0 N–H and O–H groups in total. The average Bonchev–Trinajstić information content (AvgIpc) is 2.85. The number of benzene rings is 2. The first-order valence-corrected chi connectivity index (χ1v) is 16.6. The monoisotopic (exact) mass is 769 g/mol. The molecule has 1 heterocycles. The third-order valence-electron chi connectivity index (χ3n) is 7.05. The van der Waals surface area contributed by atoms with Crippen LogP contribution in [0, 0.1) is 0 Å². The van der Waals surface area contributed by atoms with E-state index in [1.165, 1.54) is 23.1 Å². The molecule has 246 valence electrons. The molecule has 0 aromatic heterocycles. The molecule has 2 aromatic rings. The zero-order valence-corrected chi connectivity index (χ0v) is 27.8. The van der Waals surface area contributed by atoms with Gasteiger partial charge in [0.1, 0.15) is 0 Å². The Bertz CT molecular complexity index is 1460. The van der Waals surface area contributed by atoms with E-state index in [9.17, 15) is 39.6 Å². The van der Waals surface area contributed by atoms with Gasteiger partial charge in [-0.15, -0.1) is 0 Å². The van der Waals surface area contributed by atoms with Crippen molar-refractivity contribution in [3.63, 3.8) is 0 Å². The van der Waals surface area contributed by atoms with Crippen LogP contribution in [-0.4, -0.2) is 45.2 Å². The zero-order chi connectivity index (χ0) is 33.5. The Morgan fingerprint density at radius 3 is 1.91 bits per heavy atom. The van der Waals surface area contributed by atoms with Crippen LogP contribution >= 0.6 is 69.6 Å². The molecule has 18 heteroatoms. The van der Waals surface area contributed by atoms with Crippen molar-refractivity contribution in [1.29, 1.82) is 0 Å². The average molecular weight is 772 g/mol. The van der Waals surface area contributed by atoms with Gasteiger partial charge in [0.15, 0.2) is 0 Å². The minimum absolute atomic E-state index is 0.00194. The van der Waals surface area contributed by atoms with Crippen LogP contribution in [0.4, 0.5) is 26.3 Å². The quantitative estimate of drug-likeness (QED) is 0.160. The summed E-state index contributed by atoms with van der Waals surface area (Å²) >= 11 is 36.7. The van der Waals surface area contributed by atoms with Crippen molar-refractivity contribution >= 4 is 85.6 Å². The summed E-state index contributed by atoms with van der Waals surface area (Å²) in [5, 5.41) is 0. The number of nitrogens with zero attached hydrogens (tertiary/aromatic N) is 1. The number of hydrogen-bond donors (Lipinski definition) is 0. The molecule has 5 nitrogen and oxygen atoms in total. The molecule has 2 aromatic carbocycles. The number of hydrogen-bond acceptors (Lipinski definition) is 4. The van der Waals surface area contributed by atoms with E-state index in [4.69, 9.17) is 73.8 Å². The normalized spacial score (nSPS) is 18.9. The highest BCUT2D eigenvalue weighted by atomic mass is 35.6. The highest BCUT2D eigenvalue weighted by Crippen LogP contribution is 2.50. The maximum Gasteiger partial charge on any atom is 0.416 e. The van der Waals surface area contributed by atoms with E-state index >= 15 is 0 Å². The van der Waals surface area contributed by atoms with E-state index in [1.807, 2.05) is 0 Å². The van der Waals surface area contributed by atoms with Crippen LogP contribution in [0.2, 0.25) is 0 Å². The van der Waals surface area contributed by atoms with Crippen LogP contribution in [0.5, 0.6) is 0 Å². The van der Waals surface area contributed by atoms with Gasteiger partial charge in [-0.25, -0.2) is 0 Å². The van der Waals surface area contributed by atoms with Crippen molar-refractivity contribution in [3.8, 4) is 0 Å². The Balaban J connectivity index is 2.04. The summed E-state index contributed by atoms with van der Waals surface area (Å²) in [6.07, 6.45) is -9.44. The second-order valence-electron chi connectivity index (χ2n) is 10.3. The van der Waals surface area contributed by atoms with E-state index in [1.54, 1.807) is 0 Å². The molecule has 1 amide bonds.